The highest BCUT2D eigenvalue weighted by Gasteiger charge is 2.09. The molecule has 0 radical (unpaired) electrons. The van der Waals surface area contributed by atoms with Crippen LogP contribution in [0.2, 0.25) is 0 Å². The first-order valence-corrected chi connectivity index (χ1v) is 6.18. The molecule has 0 bridgehead atoms. The number of nitrogens with zero attached hydrogens (tertiary/aromatic N) is 2. The van der Waals surface area contributed by atoms with Crippen molar-refractivity contribution in [2.75, 3.05) is 5.73 Å². The minimum Gasteiger partial charge on any atom is -0.368 e. The number of anilines is 1. The van der Waals surface area contributed by atoms with E-state index in [0.717, 1.165) is 11.3 Å². The standard InChI is InChI=1S/C15H13FN4/c1-9-2-3-11(16)10(8-9)12-4-5-13(19-12)14-6-7-18-15(17)20-14/h2-8,19H,1H3,(H2,17,18,20). The van der Waals surface area contributed by atoms with Gasteiger partial charge in [0.1, 0.15) is 5.82 Å². The van der Waals surface area contributed by atoms with Gasteiger partial charge < -0.3 is 10.7 Å². The largest absolute Gasteiger partial charge is 0.368 e. The quantitative estimate of drug-likeness (QED) is 0.750. The minimum absolute atomic E-state index is 0.209. The number of aryl methyl sites for hydroxylation is 1. The second kappa shape index (κ2) is 4.77. The van der Waals surface area contributed by atoms with Gasteiger partial charge in [0, 0.05) is 17.5 Å². The van der Waals surface area contributed by atoms with Gasteiger partial charge >= 0.3 is 0 Å². The van der Waals surface area contributed by atoms with Crippen LogP contribution in [0.15, 0.2) is 42.6 Å². The van der Waals surface area contributed by atoms with Crippen LogP contribution in [0.1, 0.15) is 5.56 Å². The van der Waals surface area contributed by atoms with Crippen LogP contribution >= 0.6 is 0 Å². The van der Waals surface area contributed by atoms with Crippen molar-refractivity contribution >= 4 is 5.95 Å². The zero-order valence-corrected chi connectivity index (χ0v) is 10.9. The summed E-state index contributed by atoms with van der Waals surface area (Å²) in [7, 11) is 0. The zero-order valence-electron chi connectivity index (χ0n) is 10.9. The van der Waals surface area contributed by atoms with Crippen molar-refractivity contribution < 1.29 is 4.39 Å². The van der Waals surface area contributed by atoms with Crippen LogP contribution in [0.5, 0.6) is 0 Å². The van der Waals surface area contributed by atoms with Crippen LogP contribution in [0, 0.1) is 12.7 Å². The third-order valence-corrected chi connectivity index (χ3v) is 3.05. The summed E-state index contributed by atoms with van der Waals surface area (Å²) in [5.41, 5.74) is 9.26. The van der Waals surface area contributed by atoms with Crippen LogP contribution < -0.4 is 5.73 Å². The van der Waals surface area contributed by atoms with Crippen molar-refractivity contribution in [3.8, 4) is 22.6 Å². The summed E-state index contributed by atoms with van der Waals surface area (Å²) in [5.74, 6) is -0.0495. The molecule has 3 rings (SSSR count). The number of aromatic amines is 1. The first kappa shape index (κ1) is 12.3. The van der Waals surface area contributed by atoms with Gasteiger partial charge in [-0.15, -0.1) is 0 Å². The highest BCUT2D eigenvalue weighted by molar-refractivity contribution is 5.67. The fourth-order valence-electron chi connectivity index (χ4n) is 2.07. The van der Waals surface area contributed by atoms with E-state index in [9.17, 15) is 4.39 Å². The Labute approximate surface area is 115 Å². The van der Waals surface area contributed by atoms with Gasteiger partial charge in [-0.3, -0.25) is 0 Å². The number of H-pyrrole nitrogens is 1. The lowest BCUT2D eigenvalue weighted by atomic mass is 10.1. The van der Waals surface area contributed by atoms with Crippen LogP contribution in [-0.2, 0) is 0 Å². The second-order valence-electron chi connectivity index (χ2n) is 4.57. The second-order valence-corrected chi connectivity index (χ2v) is 4.57. The molecular formula is C15H13FN4. The fourth-order valence-corrected chi connectivity index (χ4v) is 2.07. The summed E-state index contributed by atoms with van der Waals surface area (Å²) >= 11 is 0. The lowest BCUT2D eigenvalue weighted by Gasteiger charge is -2.03. The summed E-state index contributed by atoms with van der Waals surface area (Å²) in [6.45, 7) is 1.93. The van der Waals surface area contributed by atoms with Gasteiger partial charge in [0.2, 0.25) is 5.95 Å². The molecule has 0 atom stereocenters. The zero-order chi connectivity index (χ0) is 14.1. The molecule has 1 aromatic carbocycles. The van der Waals surface area contributed by atoms with Crippen LogP contribution in [0.3, 0.4) is 0 Å². The maximum absolute atomic E-state index is 13.9. The average molecular weight is 268 g/mol. The molecule has 0 aliphatic rings. The molecule has 2 heterocycles. The molecule has 5 heteroatoms. The molecule has 3 aromatic rings. The van der Waals surface area contributed by atoms with Crippen LogP contribution in [0.4, 0.5) is 10.3 Å². The number of nitrogen functional groups attached to an aromatic ring is 1. The Bertz CT molecular complexity index is 764. The molecule has 0 unspecified atom stereocenters. The molecule has 2 aromatic heterocycles. The van der Waals surface area contributed by atoms with Crippen molar-refractivity contribution in [1.82, 2.24) is 15.0 Å². The van der Waals surface area contributed by atoms with Gasteiger partial charge in [-0.05, 0) is 37.3 Å². The van der Waals surface area contributed by atoms with E-state index >= 15 is 0 Å². The number of hydrogen-bond donors (Lipinski definition) is 2. The smallest absolute Gasteiger partial charge is 0.220 e. The number of hydrogen-bond acceptors (Lipinski definition) is 3. The Balaban J connectivity index is 2.04. The number of nitrogens with two attached hydrogens (primary N) is 1. The van der Waals surface area contributed by atoms with E-state index in [-0.39, 0.29) is 11.8 Å². The molecule has 100 valence electrons. The maximum Gasteiger partial charge on any atom is 0.220 e. The summed E-state index contributed by atoms with van der Waals surface area (Å²) in [5, 5.41) is 0. The Morgan fingerprint density at radius 2 is 1.90 bits per heavy atom. The van der Waals surface area contributed by atoms with E-state index in [1.54, 1.807) is 24.4 Å². The number of nitrogens with one attached hydrogen (secondary N) is 1. The summed E-state index contributed by atoms with van der Waals surface area (Å²) in [6, 6.07) is 10.4. The van der Waals surface area contributed by atoms with E-state index < -0.39 is 0 Å². The molecular weight excluding hydrogens is 255 g/mol. The van der Waals surface area contributed by atoms with E-state index in [2.05, 4.69) is 15.0 Å². The molecule has 0 fully saturated rings. The maximum atomic E-state index is 13.9. The topological polar surface area (TPSA) is 67.6 Å². The van der Waals surface area contributed by atoms with Gasteiger partial charge in [-0.2, -0.15) is 0 Å². The van der Waals surface area contributed by atoms with Crippen molar-refractivity contribution in [3.63, 3.8) is 0 Å². The first-order chi connectivity index (χ1) is 9.63. The van der Waals surface area contributed by atoms with Gasteiger partial charge in [0.05, 0.1) is 11.4 Å². The third kappa shape index (κ3) is 2.25. The molecule has 4 nitrogen and oxygen atoms in total. The Morgan fingerprint density at radius 3 is 2.70 bits per heavy atom. The predicted octanol–water partition coefficient (Wildman–Crippen LogP) is 3.17. The normalized spacial score (nSPS) is 10.7. The number of halogens is 1. The Morgan fingerprint density at radius 1 is 1.10 bits per heavy atom. The molecule has 0 amide bonds. The molecule has 3 N–H and O–H groups in total. The van der Waals surface area contributed by atoms with Gasteiger partial charge in [-0.25, -0.2) is 14.4 Å². The number of benzene rings is 1. The predicted molar refractivity (Wildman–Crippen MR) is 76.4 cm³/mol. The van der Waals surface area contributed by atoms with Crippen molar-refractivity contribution in [3.05, 3.63) is 54.0 Å². The Hall–Kier alpha value is -2.69. The minimum atomic E-state index is -0.258. The lowest BCUT2D eigenvalue weighted by molar-refractivity contribution is 0.630. The summed E-state index contributed by atoms with van der Waals surface area (Å²) in [6.07, 6.45) is 1.59. The summed E-state index contributed by atoms with van der Waals surface area (Å²) < 4.78 is 13.9. The van der Waals surface area contributed by atoms with E-state index in [0.29, 0.717) is 17.0 Å². The number of rotatable bonds is 2. The average Bonchev–Trinajstić information content (AvgIpc) is 2.91. The highest BCUT2D eigenvalue weighted by Crippen LogP contribution is 2.26. The van der Waals surface area contributed by atoms with Gasteiger partial charge in [-0.1, -0.05) is 11.6 Å². The van der Waals surface area contributed by atoms with Crippen LogP contribution in [0.25, 0.3) is 22.6 Å². The van der Waals surface area contributed by atoms with Crippen molar-refractivity contribution in [2.24, 2.45) is 0 Å². The van der Waals surface area contributed by atoms with Gasteiger partial charge in [0.25, 0.3) is 0 Å². The summed E-state index contributed by atoms with van der Waals surface area (Å²) in [4.78, 5) is 11.1. The number of aromatic nitrogens is 3. The molecule has 0 saturated heterocycles. The highest BCUT2D eigenvalue weighted by atomic mass is 19.1. The molecule has 20 heavy (non-hydrogen) atoms. The monoisotopic (exact) mass is 268 g/mol. The molecule has 0 aliphatic carbocycles. The molecule has 0 aliphatic heterocycles. The van der Waals surface area contributed by atoms with E-state index in [1.807, 2.05) is 19.1 Å². The van der Waals surface area contributed by atoms with E-state index in [1.165, 1.54) is 6.07 Å². The van der Waals surface area contributed by atoms with Crippen molar-refractivity contribution in [1.29, 1.82) is 0 Å². The third-order valence-electron chi connectivity index (χ3n) is 3.05. The van der Waals surface area contributed by atoms with E-state index in [4.69, 9.17) is 5.73 Å². The lowest BCUT2D eigenvalue weighted by Crippen LogP contribution is -1.95. The Kier molecular flexibility index (Phi) is 2.95. The molecule has 0 spiro atoms. The van der Waals surface area contributed by atoms with Gasteiger partial charge in [0.15, 0.2) is 0 Å². The first-order valence-electron chi connectivity index (χ1n) is 6.18. The molecule has 0 saturated carbocycles. The fraction of sp³-hybridized carbons (Fsp3) is 0.0667. The van der Waals surface area contributed by atoms with Crippen LogP contribution in [-0.4, -0.2) is 15.0 Å². The van der Waals surface area contributed by atoms with Crippen molar-refractivity contribution in [2.45, 2.75) is 6.92 Å². The SMILES string of the molecule is Cc1ccc(F)c(-c2ccc(-c3ccnc(N)n3)[nH]2)c1.